The third kappa shape index (κ3) is 1.91. The molecule has 0 aromatic carbocycles. The number of nitrogens with zero attached hydrogens (tertiary/aromatic N) is 2. The lowest BCUT2D eigenvalue weighted by atomic mass is 9.97. The van der Waals surface area contributed by atoms with Crippen molar-refractivity contribution in [3.05, 3.63) is 23.8 Å². The van der Waals surface area contributed by atoms with Crippen LogP contribution >= 0.6 is 0 Å². The first-order valence-electron chi connectivity index (χ1n) is 4.89. The summed E-state index contributed by atoms with van der Waals surface area (Å²) in [6, 6.07) is -0.0365. The maximum atomic E-state index is 6.07. The minimum Gasteiger partial charge on any atom is -0.381 e. The molecule has 1 aromatic rings. The molecule has 2 N–H and O–H groups in total. The van der Waals surface area contributed by atoms with Gasteiger partial charge in [0.15, 0.2) is 0 Å². The summed E-state index contributed by atoms with van der Waals surface area (Å²) in [5.74, 6) is 0.395. The standard InChI is InChI=1S/C10H15N3O/c1-7-4-13-9(5-12-7)10(11)8-2-3-14-6-8/h4-5,8,10H,2-3,6,11H2,1H3. The predicted octanol–water partition coefficient (Wildman–Crippen LogP) is 0.821. The van der Waals surface area contributed by atoms with Crippen LogP contribution in [-0.4, -0.2) is 23.2 Å². The van der Waals surface area contributed by atoms with Crippen LogP contribution in [0.1, 0.15) is 23.9 Å². The zero-order chi connectivity index (χ0) is 9.97. The molecule has 1 aliphatic heterocycles. The van der Waals surface area contributed by atoms with Crippen molar-refractivity contribution in [1.82, 2.24) is 9.97 Å². The largest absolute Gasteiger partial charge is 0.381 e. The van der Waals surface area contributed by atoms with Crippen molar-refractivity contribution in [2.75, 3.05) is 13.2 Å². The Kier molecular flexibility index (Phi) is 2.74. The van der Waals surface area contributed by atoms with E-state index in [9.17, 15) is 0 Å². The van der Waals surface area contributed by atoms with E-state index in [1.165, 1.54) is 0 Å². The highest BCUT2D eigenvalue weighted by Crippen LogP contribution is 2.24. The molecule has 14 heavy (non-hydrogen) atoms. The van der Waals surface area contributed by atoms with Crippen molar-refractivity contribution in [3.63, 3.8) is 0 Å². The second-order valence-corrected chi connectivity index (χ2v) is 3.73. The molecular formula is C10H15N3O. The summed E-state index contributed by atoms with van der Waals surface area (Å²) in [5, 5.41) is 0. The van der Waals surface area contributed by atoms with Gasteiger partial charge in [-0.2, -0.15) is 0 Å². The molecule has 76 valence electrons. The Bertz CT molecular complexity index is 293. The summed E-state index contributed by atoms with van der Waals surface area (Å²) in [6.45, 7) is 3.48. The molecule has 0 spiro atoms. The average Bonchev–Trinajstić information content (AvgIpc) is 2.71. The Morgan fingerprint density at radius 3 is 2.93 bits per heavy atom. The van der Waals surface area contributed by atoms with E-state index in [0.29, 0.717) is 5.92 Å². The lowest BCUT2D eigenvalue weighted by molar-refractivity contribution is 0.180. The van der Waals surface area contributed by atoms with E-state index in [0.717, 1.165) is 31.0 Å². The van der Waals surface area contributed by atoms with Gasteiger partial charge in [0.25, 0.3) is 0 Å². The van der Waals surface area contributed by atoms with Crippen LogP contribution in [0.25, 0.3) is 0 Å². The third-order valence-electron chi connectivity index (χ3n) is 2.62. The van der Waals surface area contributed by atoms with Gasteiger partial charge in [-0.25, -0.2) is 0 Å². The molecule has 4 heteroatoms. The van der Waals surface area contributed by atoms with E-state index in [4.69, 9.17) is 10.5 Å². The van der Waals surface area contributed by atoms with E-state index in [1.807, 2.05) is 6.92 Å². The highest BCUT2D eigenvalue weighted by Gasteiger charge is 2.24. The Morgan fingerprint density at radius 2 is 2.36 bits per heavy atom. The molecule has 1 fully saturated rings. The van der Waals surface area contributed by atoms with Gasteiger partial charge in [0.05, 0.1) is 30.2 Å². The molecule has 0 bridgehead atoms. The number of rotatable bonds is 2. The average molecular weight is 193 g/mol. The lowest BCUT2D eigenvalue weighted by Crippen LogP contribution is -2.22. The van der Waals surface area contributed by atoms with Gasteiger partial charge in [0.1, 0.15) is 0 Å². The molecule has 0 aliphatic carbocycles. The van der Waals surface area contributed by atoms with Gasteiger partial charge in [-0.15, -0.1) is 0 Å². The molecule has 4 nitrogen and oxygen atoms in total. The summed E-state index contributed by atoms with van der Waals surface area (Å²) < 4.78 is 5.30. The van der Waals surface area contributed by atoms with Gasteiger partial charge in [-0.3, -0.25) is 9.97 Å². The fraction of sp³-hybridized carbons (Fsp3) is 0.600. The highest BCUT2D eigenvalue weighted by atomic mass is 16.5. The van der Waals surface area contributed by atoms with Crippen LogP contribution in [0.3, 0.4) is 0 Å². The molecule has 0 amide bonds. The molecule has 1 aromatic heterocycles. The monoisotopic (exact) mass is 193 g/mol. The van der Waals surface area contributed by atoms with Crippen LogP contribution in [0.4, 0.5) is 0 Å². The van der Waals surface area contributed by atoms with Crippen LogP contribution in [0.5, 0.6) is 0 Å². The Hall–Kier alpha value is -1.00. The Labute approximate surface area is 83.5 Å². The van der Waals surface area contributed by atoms with Crippen molar-refractivity contribution < 1.29 is 4.74 Å². The minimum atomic E-state index is -0.0365. The third-order valence-corrected chi connectivity index (χ3v) is 2.62. The van der Waals surface area contributed by atoms with Crippen molar-refractivity contribution in [1.29, 1.82) is 0 Å². The van der Waals surface area contributed by atoms with Crippen molar-refractivity contribution in [2.24, 2.45) is 11.7 Å². The quantitative estimate of drug-likeness (QED) is 0.755. The number of aromatic nitrogens is 2. The van der Waals surface area contributed by atoms with Crippen LogP contribution in [-0.2, 0) is 4.74 Å². The molecular weight excluding hydrogens is 178 g/mol. The molecule has 2 unspecified atom stereocenters. The molecule has 2 rings (SSSR count). The summed E-state index contributed by atoms with van der Waals surface area (Å²) >= 11 is 0. The molecule has 2 heterocycles. The topological polar surface area (TPSA) is 61.0 Å². The van der Waals surface area contributed by atoms with Gasteiger partial charge < -0.3 is 10.5 Å². The van der Waals surface area contributed by atoms with Crippen molar-refractivity contribution in [3.8, 4) is 0 Å². The number of nitrogens with two attached hydrogens (primary N) is 1. The molecule has 2 atom stereocenters. The number of hydrogen-bond donors (Lipinski definition) is 1. The zero-order valence-corrected chi connectivity index (χ0v) is 8.31. The van der Waals surface area contributed by atoms with Gasteiger partial charge >= 0.3 is 0 Å². The minimum absolute atomic E-state index is 0.0365. The maximum absolute atomic E-state index is 6.07. The summed E-state index contributed by atoms with van der Waals surface area (Å²) in [7, 11) is 0. The van der Waals surface area contributed by atoms with Crippen LogP contribution in [0.15, 0.2) is 12.4 Å². The van der Waals surface area contributed by atoms with E-state index in [-0.39, 0.29) is 6.04 Å². The summed E-state index contributed by atoms with van der Waals surface area (Å²) in [4.78, 5) is 8.47. The predicted molar refractivity (Wildman–Crippen MR) is 52.6 cm³/mol. The first kappa shape index (κ1) is 9.55. The van der Waals surface area contributed by atoms with Crippen LogP contribution in [0.2, 0.25) is 0 Å². The SMILES string of the molecule is Cc1cnc(C(N)C2CCOC2)cn1. The molecule has 0 saturated carbocycles. The van der Waals surface area contributed by atoms with E-state index < -0.39 is 0 Å². The Balaban J connectivity index is 2.09. The number of hydrogen-bond acceptors (Lipinski definition) is 4. The van der Waals surface area contributed by atoms with Gasteiger partial charge in [-0.1, -0.05) is 0 Å². The van der Waals surface area contributed by atoms with Gasteiger partial charge in [0, 0.05) is 18.7 Å². The lowest BCUT2D eigenvalue weighted by Gasteiger charge is -2.16. The zero-order valence-electron chi connectivity index (χ0n) is 8.31. The fourth-order valence-corrected chi connectivity index (χ4v) is 1.65. The van der Waals surface area contributed by atoms with E-state index in [2.05, 4.69) is 9.97 Å². The summed E-state index contributed by atoms with van der Waals surface area (Å²) in [6.07, 6.45) is 4.54. The maximum Gasteiger partial charge on any atom is 0.0757 e. The molecule has 1 saturated heterocycles. The van der Waals surface area contributed by atoms with Gasteiger partial charge in [-0.05, 0) is 13.3 Å². The number of ether oxygens (including phenoxy) is 1. The second-order valence-electron chi connectivity index (χ2n) is 3.73. The fourth-order valence-electron chi connectivity index (χ4n) is 1.65. The Morgan fingerprint density at radius 1 is 1.50 bits per heavy atom. The van der Waals surface area contributed by atoms with E-state index >= 15 is 0 Å². The highest BCUT2D eigenvalue weighted by molar-refractivity contribution is 5.06. The summed E-state index contributed by atoms with van der Waals surface area (Å²) in [5.41, 5.74) is 7.85. The smallest absolute Gasteiger partial charge is 0.0757 e. The normalized spacial score (nSPS) is 23.7. The number of aryl methyl sites for hydroxylation is 1. The van der Waals surface area contributed by atoms with E-state index in [1.54, 1.807) is 12.4 Å². The first-order chi connectivity index (χ1) is 6.77. The van der Waals surface area contributed by atoms with Crippen LogP contribution in [0, 0.1) is 12.8 Å². The van der Waals surface area contributed by atoms with Gasteiger partial charge in [0.2, 0.25) is 0 Å². The molecule has 0 radical (unpaired) electrons. The van der Waals surface area contributed by atoms with Crippen molar-refractivity contribution in [2.45, 2.75) is 19.4 Å². The van der Waals surface area contributed by atoms with Crippen LogP contribution < -0.4 is 5.73 Å². The first-order valence-corrected chi connectivity index (χ1v) is 4.89. The van der Waals surface area contributed by atoms with Crippen molar-refractivity contribution >= 4 is 0 Å². The second kappa shape index (κ2) is 4.02. The molecule has 1 aliphatic rings.